The third-order valence-electron chi connectivity index (χ3n) is 3.16. The largest absolute Gasteiger partial charge is 0.396 e. The van der Waals surface area contributed by atoms with Crippen LogP contribution in [0.4, 0.5) is 10.5 Å². The summed E-state index contributed by atoms with van der Waals surface area (Å²) < 4.78 is 0. The zero-order chi connectivity index (χ0) is 15.9. The summed E-state index contributed by atoms with van der Waals surface area (Å²) >= 11 is 1.65. The molecule has 118 valence electrons. The zero-order valence-electron chi connectivity index (χ0n) is 13.3. The predicted octanol–water partition coefficient (Wildman–Crippen LogP) is 3.22. The second-order valence-electron chi connectivity index (χ2n) is 6.06. The Bertz CT molecular complexity index is 452. The fraction of sp³-hybridized carbons (Fsp3) is 0.562. The van der Waals surface area contributed by atoms with Crippen molar-refractivity contribution in [3.8, 4) is 0 Å². The van der Waals surface area contributed by atoms with E-state index >= 15 is 0 Å². The molecule has 0 aliphatic carbocycles. The number of aliphatic hydroxyl groups excluding tert-OH is 1. The van der Waals surface area contributed by atoms with Crippen molar-refractivity contribution in [3.05, 3.63) is 29.8 Å². The molecule has 0 saturated carbocycles. The lowest BCUT2D eigenvalue weighted by atomic mass is 9.86. The number of nitrogens with one attached hydrogen (secondary N) is 2. The van der Waals surface area contributed by atoms with Crippen LogP contribution in [0.3, 0.4) is 0 Å². The minimum atomic E-state index is -0.223. The first-order valence-electron chi connectivity index (χ1n) is 7.15. The van der Waals surface area contributed by atoms with E-state index in [0.717, 1.165) is 17.0 Å². The van der Waals surface area contributed by atoms with Crippen molar-refractivity contribution < 1.29 is 9.90 Å². The summed E-state index contributed by atoms with van der Waals surface area (Å²) in [4.78, 5) is 12.1. The van der Waals surface area contributed by atoms with E-state index in [9.17, 15) is 4.79 Å². The standard InChI is InChI=1S/C16H26N2O2S/c1-16(2,3)13-7-5-6-8-14(13)18-15(20)17-12(9-10-19)11-21-4/h5-8,12,19H,9-11H2,1-4H3,(H2,17,18,20). The van der Waals surface area contributed by atoms with Crippen molar-refractivity contribution >= 4 is 23.5 Å². The molecule has 0 bridgehead atoms. The number of thioether (sulfide) groups is 1. The highest BCUT2D eigenvalue weighted by Gasteiger charge is 2.19. The molecule has 1 aromatic carbocycles. The summed E-state index contributed by atoms with van der Waals surface area (Å²) in [7, 11) is 0. The molecule has 3 N–H and O–H groups in total. The maximum Gasteiger partial charge on any atom is 0.319 e. The number of aliphatic hydroxyl groups is 1. The predicted molar refractivity (Wildman–Crippen MR) is 91.2 cm³/mol. The molecule has 21 heavy (non-hydrogen) atoms. The van der Waals surface area contributed by atoms with Crippen molar-refractivity contribution in [1.82, 2.24) is 5.32 Å². The van der Waals surface area contributed by atoms with E-state index < -0.39 is 0 Å². The van der Waals surface area contributed by atoms with E-state index in [0.29, 0.717) is 6.42 Å². The summed E-state index contributed by atoms with van der Waals surface area (Å²) in [5.74, 6) is 0.787. The van der Waals surface area contributed by atoms with Gasteiger partial charge in [-0.2, -0.15) is 11.8 Å². The van der Waals surface area contributed by atoms with Gasteiger partial charge >= 0.3 is 6.03 Å². The van der Waals surface area contributed by atoms with E-state index in [2.05, 4.69) is 31.4 Å². The van der Waals surface area contributed by atoms with Crippen molar-refractivity contribution in [2.24, 2.45) is 0 Å². The molecular weight excluding hydrogens is 284 g/mol. The molecule has 2 amide bonds. The summed E-state index contributed by atoms with van der Waals surface area (Å²) in [5.41, 5.74) is 1.89. The van der Waals surface area contributed by atoms with E-state index in [4.69, 9.17) is 5.11 Å². The second-order valence-corrected chi connectivity index (χ2v) is 6.97. The molecule has 0 radical (unpaired) electrons. The average molecular weight is 310 g/mol. The molecule has 0 aromatic heterocycles. The van der Waals surface area contributed by atoms with E-state index in [1.807, 2.05) is 30.5 Å². The zero-order valence-corrected chi connectivity index (χ0v) is 14.1. The van der Waals surface area contributed by atoms with Gasteiger partial charge < -0.3 is 15.7 Å². The maximum atomic E-state index is 12.1. The molecule has 5 heteroatoms. The Morgan fingerprint density at radius 3 is 2.57 bits per heavy atom. The molecule has 1 aromatic rings. The molecule has 0 aliphatic rings. The van der Waals surface area contributed by atoms with E-state index in [-0.39, 0.29) is 24.1 Å². The van der Waals surface area contributed by atoms with Crippen LogP contribution >= 0.6 is 11.8 Å². The van der Waals surface area contributed by atoms with Crippen molar-refractivity contribution in [3.63, 3.8) is 0 Å². The average Bonchev–Trinajstić information content (AvgIpc) is 2.38. The molecule has 4 nitrogen and oxygen atoms in total. The first-order valence-corrected chi connectivity index (χ1v) is 8.54. The summed E-state index contributed by atoms with van der Waals surface area (Å²) in [5, 5.41) is 14.9. The molecule has 0 saturated heterocycles. The molecule has 1 atom stereocenters. The number of anilines is 1. The quantitative estimate of drug-likeness (QED) is 0.756. The molecular formula is C16H26N2O2S. The van der Waals surface area contributed by atoms with Crippen molar-refractivity contribution in [2.45, 2.75) is 38.6 Å². The molecule has 0 spiro atoms. The van der Waals surface area contributed by atoms with Crippen LogP contribution in [-0.4, -0.2) is 35.8 Å². The number of urea groups is 1. The number of hydrogen-bond acceptors (Lipinski definition) is 3. The Kier molecular flexibility index (Phi) is 7.05. The SMILES string of the molecule is CSCC(CCO)NC(=O)Nc1ccccc1C(C)(C)C. The van der Waals surface area contributed by atoms with Crippen LogP contribution in [0.2, 0.25) is 0 Å². The van der Waals surface area contributed by atoms with Crippen LogP contribution in [0.15, 0.2) is 24.3 Å². The Balaban J connectivity index is 2.75. The van der Waals surface area contributed by atoms with Gasteiger partial charge in [0.05, 0.1) is 0 Å². The Hall–Kier alpha value is -1.20. The monoisotopic (exact) mass is 310 g/mol. The van der Waals surface area contributed by atoms with Crippen LogP contribution in [0.1, 0.15) is 32.8 Å². The number of carbonyl (C=O) groups is 1. The molecule has 1 rings (SSSR count). The smallest absolute Gasteiger partial charge is 0.319 e. The highest BCUT2D eigenvalue weighted by molar-refractivity contribution is 7.98. The third-order valence-corrected chi connectivity index (χ3v) is 3.90. The Morgan fingerprint density at radius 2 is 2.00 bits per heavy atom. The van der Waals surface area contributed by atoms with Crippen LogP contribution in [0.5, 0.6) is 0 Å². The number of para-hydroxylation sites is 1. The fourth-order valence-corrected chi connectivity index (χ4v) is 2.80. The fourth-order valence-electron chi connectivity index (χ4n) is 2.14. The molecule has 0 aliphatic heterocycles. The van der Waals surface area contributed by atoms with Crippen molar-refractivity contribution in [2.75, 3.05) is 23.9 Å². The Morgan fingerprint density at radius 1 is 1.33 bits per heavy atom. The minimum absolute atomic E-state index is 0.0215. The lowest BCUT2D eigenvalue weighted by Gasteiger charge is -2.24. The minimum Gasteiger partial charge on any atom is -0.396 e. The number of carbonyl (C=O) groups excluding carboxylic acids is 1. The highest BCUT2D eigenvalue weighted by atomic mass is 32.2. The molecule has 0 heterocycles. The van der Waals surface area contributed by atoms with Gasteiger partial charge in [0.2, 0.25) is 0 Å². The summed E-state index contributed by atoms with van der Waals surface area (Å²) in [6.45, 7) is 6.43. The number of hydrogen-bond donors (Lipinski definition) is 3. The van der Waals surface area contributed by atoms with Crippen LogP contribution in [0, 0.1) is 0 Å². The lowest BCUT2D eigenvalue weighted by Crippen LogP contribution is -2.40. The molecule has 1 unspecified atom stereocenters. The maximum absolute atomic E-state index is 12.1. The first kappa shape index (κ1) is 17.9. The first-order chi connectivity index (χ1) is 9.88. The van der Waals surface area contributed by atoms with Crippen molar-refractivity contribution in [1.29, 1.82) is 0 Å². The third kappa shape index (κ3) is 5.98. The van der Waals surface area contributed by atoms with Gasteiger partial charge in [0.25, 0.3) is 0 Å². The normalized spacial score (nSPS) is 12.8. The number of benzene rings is 1. The summed E-state index contributed by atoms with van der Waals surface area (Å²) in [6, 6.07) is 7.59. The van der Waals surface area contributed by atoms with Gasteiger partial charge in [0, 0.05) is 24.1 Å². The van der Waals surface area contributed by atoms with Gasteiger partial charge in [-0.25, -0.2) is 4.79 Å². The topological polar surface area (TPSA) is 61.4 Å². The van der Waals surface area contributed by atoms with Crippen LogP contribution in [-0.2, 0) is 5.41 Å². The van der Waals surface area contributed by atoms with Gasteiger partial charge in [0.1, 0.15) is 0 Å². The number of amides is 2. The van der Waals surface area contributed by atoms with Gasteiger partial charge in [-0.1, -0.05) is 39.0 Å². The lowest BCUT2D eigenvalue weighted by molar-refractivity contribution is 0.241. The van der Waals surface area contributed by atoms with E-state index in [1.54, 1.807) is 11.8 Å². The van der Waals surface area contributed by atoms with Gasteiger partial charge in [0.15, 0.2) is 0 Å². The van der Waals surface area contributed by atoms with Gasteiger partial charge in [-0.15, -0.1) is 0 Å². The van der Waals surface area contributed by atoms with Gasteiger partial charge in [-0.05, 0) is 29.7 Å². The number of rotatable bonds is 6. The van der Waals surface area contributed by atoms with E-state index in [1.165, 1.54) is 0 Å². The Labute approximate surface area is 131 Å². The second kappa shape index (κ2) is 8.29. The van der Waals surface area contributed by atoms with Crippen LogP contribution < -0.4 is 10.6 Å². The van der Waals surface area contributed by atoms with Crippen LogP contribution in [0.25, 0.3) is 0 Å². The summed E-state index contributed by atoms with van der Waals surface area (Å²) in [6.07, 6.45) is 2.55. The van der Waals surface area contributed by atoms with Gasteiger partial charge in [-0.3, -0.25) is 0 Å². The molecule has 0 fully saturated rings. The highest BCUT2D eigenvalue weighted by Crippen LogP contribution is 2.29.